The molecule has 2 amide bonds. The Balaban J connectivity index is 2.41. The van der Waals surface area contributed by atoms with Crippen LogP contribution in [0.4, 0.5) is 31.1 Å². The van der Waals surface area contributed by atoms with Crippen LogP contribution in [0.2, 0.25) is 0 Å². The summed E-state index contributed by atoms with van der Waals surface area (Å²) in [5.74, 6) is 0. The molecule has 0 saturated heterocycles. The minimum absolute atomic E-state index is 0.224. The Labute approximate surface area is 169 Å². The van der Waals surface area contributed by atoms with Crippen molar-refractivity contribution in [3.63, 3.8) is 0 Å². The third-order valence-corrected chi connectivity index (χ3v) is 4.25. The fourth-order valence-electron chi connectivity index (χ4n) is 2.66. The first kappa shape index (κ1) is 23.2. The minimum Gasteiger partial charge on any atom is -0.327 e. The van der Waals surface area contributed by atoms with Crippen LogP contribution < -0.4 is 10.6 Å². The van der Waals surface area contributed by atoms with E-state index in [0.29, 0.717) is 12.0 Å². The normalized spacial score (nSPS) is 14.0. The molecule has 1 aromatic carbocycles. The van der Waals surface area contributed by atoms with Crippen LogP contribution in [0.25, 0.3) is 0 Å². The zero-order valence-corrected chi connectivity index (χ0v) is 15.8. The first-order chi connectivity index (χ1) is 13.9. The van der Waals surface area contributed by atoms with E-state index in [0.717, 1.165) is 31.2 Å². The van der Waals surface area contributed by atoms with Crippen LogP contribution >= 0.6 is 0 Å². The zero-order chi connectivity index (χ0) is 22.5. The largest absolute Gasteiger partial charge is 0.416 e. The Kier molecular flexibility index (Phi) is 7.12. The maximum atomic E-state index is 12.9. The molecule has 0 aliphatic carbocycles. The molecule has 4 nitrogen and oxygen atoms in total. The summed E-state index contributed by atoms with van der Waals surface area (Å²) in [7, 11) is 0. The summed E-state index contributed by atoms with van der Waals surface area (Å²) < 4.78 is 76.8. The smallest absolute Gasteiger partial charge is 0.327 e. The number of carbonyl (C=O) groups is 1. The van der Waals surface area contributed by atoms with E-state index in [1.54, 1.807) is 23.5 Å². The van der Waals surface area contributed by atoms with Crippen molar-refractivity contribution in [1.29, 1.82) is 0 Å². The lowest BCUT2D eigenvalue weighted by atomic mass is 9.97. The van der Waals surface area contributed by atoms with Crippen molar-refractivity contribution in [3.8, 4) is 0 Å². The van der Waals surface area contributed by atoms with E-state index >= 15 is 0 Å². The average molecular weight is 431 g/mol. The molecule has 0 radical (unpaired) electrons. The fourth-order valence-corrected chi connectivity index (χ4v) is 2.66. The molecular weight excluding hydrogens is 412 g/mol. The van der Waals surface area contributed by atoms with Gasteiger partial charge in [-0.2, -0.15) is 26.3 Å². The molecule has 1 aromatic heterocycles. The van der Waals surface area contributed by atoms with Crippen LogP contribution in [-0.4, -0.2) is 23.2 Å². The van der Waals surface area contributed by atoms with Gasteiger partial charge >= 0.3 is 18.4 Å². The van der Waals surface area contributed by atoms with Gasteiger partial charge in [0.15, 0.2) is 0 Å². The number of halogens is 6. The van der Waals surface area contributed by atoms with Crippen molar-refractivity contribution in [1.82, 2.24) is 15.6 Å². The van der Waals surface area contributed by atoms with Gasteiger partial charge in [-0.15, -0.1) is 6.58 Å². The summed E-state index contributed by atoms with van der Waals surface area (Å²) in [5.41, 5.74) is 0.225. The maximum absolute atomic E-state index is 12.9. The molecule has 1 heterocycles. The minimum atomic E-state index is -4.65. The van der Waals surface area contributed by atoms with E-state index < -0.39 is 36.0 Å². The molecule has 0 bridgehead atoms. The molecule has 0 saturated carbocycles. The number of benzene rings is 1. The molecule has 2 aromatic rings. The predicted octanol–water partition coefficient (Wildman–Crippen LogP) is 5.17. The van der Waals surface area contributed by atoms with Gasteiger partial charge in [-0.25, -0.2) is 4.79 Å². The van der Waals surface area contributed by atoms with Gasteiger partial charge in [0, 0.05) is 6.20 Å². The lowest BCUT2D eigenvalue weighted by molar-refractivity contribution is -0.148. The number of allylic oxidation sites excluding steroid dienone is 1. The monoisotopic (exact) mass is 431 g/mol. The van der Waals surface area contributed by atoms with Crippen LogP contribution in [0, 0.1) is 0 Å². The molecule has 0 aliphatic heterocycles. The Morgan fingerprint density at radius 1 is 1.10 bits per heavy atom. The second-order valence-corrected chi connectivity index (χ2v) is 6.47. The number of nitrogens with zero attached hydrogens (tertiary/aromatic N) is 1. The van der Waals surface area contributed by atoms with Crippen LogP contribution in [0.3, 0.4) is 0 Å². The summed E-state index contributed by atoms with van der Waals surface area (Å²) in [6.07, 6.45) is -5.89. The molecule has 0 spiro atoms. The van der Waals surface area contributed by atoms with E-state index in [1.807, 2.05) is 0 Å². The molecule has 0 unspecified atom stereocenters. The van der Waals surface area contributed by atoms with Crippen molar-refractivity contribution < 1.29 is 31.1 Å². The highest BCUT2D eigenvalue weighted by Gasteiger charge is 2.37. The van der Waals surface area contributed by atoms with Gasteiger partial charge < -0.3 is 10.6 Å². The second kappa shape index (κ2) is 9.19. The van der Waals surface area contributed by atoms with Gasteiger partial charge in [0.05, 0.1) is 17.3 Å². The van der Waals surface area contributed by atoms with Crippen molar-refractivity contribution in [2.75, 3.05) is 0 Å². The number of alkyl halides is 6. The summed E-state index contributed by atoms with van der Waals surface area (Å²) in [4.78, 5) is 16.4. The third-order valence-electron chi connectivity index (χ3n) is 4.25. The van der Waals surface area contributed by atoms with Gasteiger partial charge in [-0.3, -0.25) is 4.98 Å². The van der Waals surface area contributed by atoms with Gasteiger partial charge in [-0.05, 0) is 42.7 Å². The Hall–Kier alpha value is -3.04. The van der Waals surface area contributed by atoms with Gasteiger partial charge in [-0.1, -0.05) is 24.3 Å². The van der Waals surface area contributed by atoms with E-state index in [9.17, 15) is 31.1 Å². The number of hydrogen-bond acceptors (Lipinski definition) is 2. The molecule has 0 aliphatic rings. The first-order valence-corrected chi connectivity index (χ1v) is 8.79. The molecule has 0 fully saturated rings. The lowest BCUT2D eigenvalue weighted by Crippen LogP contribution is -2.48. The quantitative estimate of drug-likeness (QED) is 0.490. The number of carbonyl (C=O) groups excluding carboxylic acids is 1. The van der Waals surface area contributed by atoms with E-state index in [4.69, 9.17) is 0 Å². The van der Waals surface area contributed by atoms with Crippen LogP contribution in [0.5, 0.6) is 0 Å². The fraction of sp³-hybridized carbons (Fsp3) is 0.300. The molecule has 2 atom stereocenters. The highest BCUT2D eigenvalue weighted by atomic mass is 19.4. The lowest BCUT2D eigenvalue weighted by Gasteiger charge is -2.24. The molecule has 2 rings (SSSR count). The van der Waals surface area contributed by atoms with Crippen molar-refractivity contribution in [2.24, 2.45) is 0 Å². The number of urea groups is 1. The van der Waals surface area contributed by atoms with Crippen molar-refractivity contribution >= 4 is 6.03 Å². The molecule has 30 heavy (non-hydrogen) atoms. The van der Waals surface area contributed by atoms with Crippen LogP contribution in [0.1, 0.15) is 35.3 Å². The zero-order valence-electron chi connectivity index (χ0n) is 15.8. The maximum Gasteiger partial charge on any atom is 0.416 e. The van der Waals surface area contributed by atoms with Gasteiger partial charge in [0.2, 0.25) is 0 Å². The van der Waals surface area contributed by atoms with Gasteiger partial charge in [0.25, 0.3) is 0 Å². The summed E-state index contributed by atoms with van der Waals surface area (Å²) in [5, 5.41) is 4.16. The average Bonchev–Trinajstić information content (AvgIpc) is 2.66. The Bertz CT molecular complexity index is 877. The summed E-state index contributed by atoms with van der Waals surface area (Å²) >= 11 is 0. The van der Waals surface area contributed by atoms with Crippen LogP contribution in [-0.2, 0) is 12.6 Å². The van der Waals surface area contributed by atoms with Crippen LogP contribution in [0.15, 0.2) is 55.3 Å². The van der Waals surface area contributed by atoms with E-state index in [1.165, 1.54) is 6.20 Å². The molecule has 10 heteroatoms. The predicted molar refractivity (Wildman–Crippen MR) is 98.6 cm³/mol. The second-order valence-electron chi connectivity index (χ2n) is 6.47. The SMILES string of the molecule is C=CCc1cccnc1[C@@H](NC(=O)N[C@@H](C)C(F)(F)F)c1ccc(C(F)(F)F)cc1. The molecular formula is C20H19F6N3O. The van der Waals surface area contributed by atoms with Gasteiger partial charge in [0.1, 0.15) is 6.04 Å². The Morgan fingerprint density at radius 2 is 1.73 bits per heavy atom. The highest BCUT2D eigenvalue weighted by molar-refractivity contribution is 5.75. The molecule has 162 valence electrons. The third kappa shape index (κ3) is 5.98. The number of rotatable bonds is 6. The number of aromatic nitrogens is 1. The number of nitrogens with one attached hydrogen (secondary N) is 2. The number of amides is 2. The summed E-state index contributed by atoms with van der Waals surface area (Å²) in [6.45, 7) is 4.39. The topological polar surface area (TPSA) is 54.0 Å². The first-order valence-electron chi connectivity index (χ1n) is 8.79. The number of hydrogen-bond donors (Lipinski definition) is 2. The standard InChI is InChI=1S/C20H19F6N3O/c1-3-5-13-6-4-11-27-16(13)17(29-18(30)28-12(2)19(21,22)23)14-7-9-15(10-8-14)20(24,25)26/h3-4,6-12,17H,1,5H2,2H3,(H2,28,29,30)/t12-,17-/m0/s1. The van der Waals surface area contributed by atoms with Crippen molar-refractivity contribution in [3.05, 3.63) is 77.6 Å². The van der Waals surface area contributed by atoms with Crippen molar-refractivity contribution in [2.45, 2.75) is 37.8 Å². The van der Waals surface area contributed by atoms with E-state index in [-0.39, 0.29) is 11.3 Å². The Morgan fingerprint density at radius 3 is 2.27 bits per heavy atom. The number of pyridine rings is 1. The summed E-state index contributed by atoms with van der Waals surface area (Å²) in [6, 6.07) is 2.91. The van der Waals surface area contributed by atoms with E-state index in [2.05, 4.69) is 16.9 Å². The molecule has 2 N–H and O–H groups in total. The highest BCUT2D eigenvalue weighted by Crippen LogP contribution is 2.31.